The number of nitrogens with zero attached hydrogens (tertiary/aromatic N) is 2. The van der Waals surface area contributed by atoms with Crippen molar-refractivity contribution in [2.45, 2.75) is 19.9 Å². The van der Waals surface area contributed by atoms with Gasteiger partial charge in [-0.05, 0) is 19.9 Å². The predicted octanol–water partition coefficient (Wildman–Crippen LogP) is 4.31. The van der Waals surface area contributed by atoms with Crippen LogP contribution in [0.5, 0.6) is 0 Å². The van der Waals surface area contributed by atoms with E-state index in [0.717, 1.165) is 21.8 Å². The number of carbonyl (C=O) groups excluding carboxylic acids is 3. The van der Waals surface area contributed by atoms with Gasteiger partial charge in [-0.1, -0.05) is 59.4 Å². The Morgan fingerprint density at radius 1 is 1.12 bits per heavy atom. The number of halogens is 1. The van der Waals surface area contributed by atoms with Crippen molar-refractivity contribution in [3.05, 3.63) is 87.2 Å². The summed E-state index contributed by atoms with van der Waals surface area (Å²) in [5.74, 6) is -3.69. The maximum absolute atomic E-state index is 14.9. The number of aliphatic hydroxyl groups excluding tert-OH is 1. The largest absolute Gasteiger partial charge is 0.507 e. The van der Waals surface area contributed by atoms with Crippen LogP contribution in [0.25, 0.3) is 5.76 Å². The average molecular weight is 466 g/mol. The monoisotopic (exact) mass is 466 g/mol. The molecule has 1 aromatic heterocycles. The molecule has 1 amide bonds. The Bertz CT molecular complexity index is 1310. The van der Waals surface area contributed by atoms with Crippen LogP contribution in [-0.4, -0.2) is 34.9 Å². The number of ketones is 1. The number of aryl methyl sites for hydroxylation is 2. The van der Waals surface area contributed by atoms with E-state index in [1.165, 1.54) is 25.3 Å². The van der Waals surface area contributed by atoms with Gasteiger partial charge in [-0.2, -0.15) is 0 Å². The van der Waals surface area contributed by atoms with Crippen molar-refractivity contribution in [3.8, 4) is 0 Å². The zero-order valence-corrected chi connectivity index (χ0v) is 18.8. The predicted molar refractivity (Wildman–Crippen MR) is 121 cm³/mol. The smallest absolute Gasteiger partial charge is 0.350 e. The second-order valence-electron chi connectivity index (χ2n) is 7.46. The maximum Gasteiger partial charge on any atom is 0.350 e. The summed E-state index contributed by atoms with van der Waals surface area (Å²) in [7, 11) is 1.22. The van der Waals surface area contributed by atoms with E-state index in [-0.39, 0.29) is 21.1 Å². The number of Topliss-reactive ketones (excluding diaryl/α,β-unsaturated/α-hetero) is 1. The third-order valence-electron chi connectivity index (χ3n) is 5.33. The van der Waals surface area contributed by atoms with Crippen molar-refractivity contribution < 1.29 is 28.6 Å². The van der Waals surface area contributed by atoms with Gasteiger partial charge in [-0.15, -0.1) is 0 Å². The molecule has 2 aromatic carbocycles. The standard InChI is InChI=1S/C24H19FN2O5S/c1-12-8-10-14(11-9-12)19(28)17-18(15-6-4-5-7-16(15)25)27(22(30)20(17)29)24-26-13(2)21(33-24)23(31)32-3/h4-11,18,28H,1-3H3/b19-17+/t18-/m0/s1. The van der Waals surface area contributed by atoms with Crippen LogP contribution < -0.4 is 4.90 Å². The molecule has 9 heteroatoms. The van der Waals surface area contributed by atoms with Crippen LogP contribution in [0, 0.1) is 19.7 Å². The highest BCUT2D eigenvalue weighted by Crippen LogP contribution is 2.44. The molecule has 0 spiro atoms. The maximum atomic E-state index is 14.9. The number of thiazole rings is 1. The van der Waals surface area contributed by atoms with Gasteiger partial charge in [0.05, 0.1) is 18.4 Å². The van der Waals surface area contributed by atoms with Gasteiger partial charge in [-0.25, -0.2) is 14.2 Å². The Hall–Kier alpha value is -3.85. The number of methoxy groups -OCH3 is 1. The number of carbonyl (C=O) groups is 3. The number of aliphatic hydroxyl groups is 1. The molecule has 0 unspecified atom stereocenters. The molecule has 1 fully saturated rings. The van der Waals surface area contributed by atoms with Gasteiger partial charge in [0.25, 0.3) is 5.78 Å². The quantitative estimate of drug-likeness (QED) is 0.266. The third kappa shape index (κ3) is 3.80. The Morgan fingerprint density at radius 3 is 2.42 bits per heavy atom. The normalized spacial score (nSPS) is 17.5. The number of amides is 1. The molecule has 1 aliphatic heterocycles. The van der Waals surface area contributed by atoms with Crippen molar-refractivity contribution in [2.75, 3.05) is 12.0 Å². The molecule has 168 valence electrons. The van der Waals surface area contributed by atoms with E-state index in [4.69, 9.17) is 4.74 Å². The summed E-state index contributed by atoms with van der Waals surface area (Å²) in [6.07, 6.45) is 0. The number of aromatic nitrogens is 1. The molecule has 1 saturated heterocycles. The Balaban J connectivity index is 1.95. The van der Waals surface area contributed by atoms with Crippen LogP contribution >= 0.6 is 11.3 Å². The molecule has 33 heavy (non-hydrogen) atoms. The number of esters is 1. The highest BCUT2D eigenvalue weighted by Gasteiger charge is 2.49. The van der Waals surface area contributed by atoms with E-state index in [9.17, 15) is 23.9 Å². The van der Waals surface area contributed by atoms with Crippen LogP contribution in [0.15, 0.2) is 54.1 Å². The molecule has 4 rings (SSSR count). The summed E-state index contributed by atoms with van der Waals surface area (Å²) in [5.41, 5.74) is 1.30. The van der Waals surface area contributed by atoms with Crippen molar-refractivity contribution in [2.24, 2.45) is 0 Å². The Morgan fingerprint density at radius 2 is 1.79 bits per heavy atom. The summed E-state index contributed by atoms with van der Waals surface area (Å²) in [4.78, 5) is 43.7. The van der Waals surface area contributed by atoms with E-state index < -0.39 is 35.3 Å². The van der Waals surface area contributed by atoms with Gasteiger partial charge < -0.3 is 9.84 Å². The van der Waals surface area contributed by atoms with Crippen LogP contribution in [0.2, 0.25) is 0 Å². The number of hydrogen-bond acceptors (Lipinski definition) is 7. The van der Waals surface area contributed by atoms with Crippen molar-refractivity contribution in [3.63, 3.8) is 0 Å². The summed E-state index contributed by atoms with van der Waals surface area (Å²) >= 11 is 0.852. The molecule has 0 bridgehead atoms. The summed E-state index contributed by atoms with van der Waals surface area (Å²) in [6, 6.07) is 11.1. The van der Waals surface area contributed by atoms with E-state index in [0.29, 0.717) is 11.3 Å². The Kier molecular flexibility index (Phi) is 5.82. The van der Waals surface area contributed by atoms with E-state index in [2.05, 4.69) is 4.98 Å². The lowest BCUT2D eigenvalue weighted by Gasteiger charge is -2.23. The highest BCUT2D eigenvalue weighted by molar-refractivity contribution is 7.17. The zero-order valence-electron chi connectivity index (χ0n) is 18.0. The molecule has 3 aromatic rings. The number of anilines is 1. The molecule has 1 aliphatic rings. The highest BCUT2D eigenvalue weighted by atomic mass is 32.1. The fraction of sp³-hybridized carbons (Fsp3) is 0.167. The van der Waals surface area contributed by atoms with E-state index in [1.54, 1.807) is 37.3 Å². The summed E-state index contributed by atoms with van der Waals surface area (Å²) < 4.78 is 19.6. The average Bonchev–Trinajstić information content (AvgIpc) is 3.30. The lowest BCUT2D eigenvalue weighted by molar-refractivity contribution is -0.132. The molecule has 0 aliphatic carbocycles. The van der Waals surface area contributed by atoms with E-state index in [1.807, 2.05) is 6.92 Å². The molecule has 2 heterocycles. The fourth-order valence-corrected chi connectivity index (χ4v) is 4.67. The molecular weight excluding hydrogens is 447 g/mol. The molecule has 1 atom stereocenters. The van der Waals surface area contributed by atoms with Crippen LogP contribution in [0.4, 0.5) is 9.52 Å². The minimum absolute atomic E-state index is 0.0119. The van der Waals surface area contributed by atoms with Gasteiger partial charge >= 0.3 is 11.9 Å². The topological polar surface area (TPSA) is 96.8 Å². The number of ether oxygens (including phenoxy) is 1. The molecule has 7 nitrogen and oxygen atoms in total. The first-order valence-corrected chi connectivity index (χ1v) is 10.7. The SMILES string of the molecule is COC(=O)c1sc(N2C(=O)C(=O)/C(=C(/O)c3ccc(C)cc3)[C@@H]2c2ccccc2F)nc1C. The first kappa shape index (κ1) is 22.3. The second kappa shape index (κ2) is 8.59. The molecular formula is C24H19FN2O5S. The van der Waals surface area contributed by atoms with Crippen molar-refractivity contribution in [1.82, 2.24) is 4.98 Å². The number of rotatable bonds is 4. The minimum atomic E-state index is -1.27. The van der Waals surface area contributed by atoms with Gasteiger partial charge in [0.1, 0.15) is 22.5 Å². The summed E-state index contributed by atoms with van der Waals surface area (Å²) in [5, 5.41) is 11.1. The van der Waals surface area contributed by atoms with E-state index >= 15 is 0 Å². The zero-order chi connectivity index (χ0) is 23.9. The van der Waals surface area contributed by atoms with Crippen molar-refractivity contribution >= 4 is 39.9 Å². The van der Waals surface area contributed by atoms with Crippen LogP contribution in [-0.2, 0) is 14.3 Å². The fourth-order valence-electron chi connectivity index (χ4n) is 3.66. The minimum Gasteiger partial charge on any atom is -0.507 e. The van der Waals surface area contributed by atoms with Crippen LogP contribution in [0.1, 0.15) is 38.1 Å². The van der Waals surface area contributed by atoms with Gasteiger partial charge in [0, 0.05) is 11.1 Å². The molecule has 1 N–H and O–H groups in total. The van der Waals surface area contributed by atoms with Crippen molar-refractivity contribution in [1.29, 1.82) is 0 Å². The van der Waals surface area contributed by atoms with Crippen LogP contribution in [0.3, 0.4) is 0 Å². The number of hydrogen-bond donors (Lipinski definition) is 1. The number of benzene rings is 2. The second-order valence-corrected chi connectivity index (χ2v) is 8.44. The van der Waals surface area contributed by atoms with Gasteiger partial charge in [0.15, 0.2) is 5.13 Å². The third-order valence-corrected chi connectivity index (χ3v) is 6.47. The van der Waals surface area contributed by atoms with Gasteiger partial charge in [-0.3, -0.25) is 14.5 Å². The van der Waals surface area contributed by atoms with Gasteiger partial charge in [0.2, 0.25) is 0 Å². The molecule has 0 radical (unpaired) electrons. The lowest BCUT2D eigenvalue weighted by atomic mass is 9.95. The summed E-state index contributed by atoms with van der Waals surface area (Å²) in [6.45, 7) is 3.43. The first-order chi connectivity index (χ1) is 15.7. The lowest BCUT2D eigenvalue weighted by Crippen LogP contribution is -2.29. The first-order valence-electron chi connectivity index (χ1n) is 9.92. The molecule has 0 saturated carbocycles. The Labute approximate surface area is 192 Å².